The summed E-state index contributed by atoms with van der Waals surface area (Å²) in [6.45, 7) is 4.80. The topological polar surface area (TPSA) is 64.4 Å². The molecule has 20 heavy (non-hydrogen) atoms. The lowest BCUT2D eigenvalue weighted by molar-refractivity contribution is -0.117. The lowest BCUT2D eigenvalue weighted by atomic mass is 10.0. The maximum absolute atomic E-state index is 12.2. The molecule has 4 nitrogen and oxygen atoms in total. The summed E-state index contributed by atoms with van der Waals surface area (Å²) in [6.07, 6.45) is 3.21. The second-order valence-corrected chi connectivity index (χ2v) is 4.89. The van der Waals surface area contributed by atoms with Gasteiger partial charge in [-0.1, -0.05) is 32.0 Å². The molecular weight excluding hydrogens is 252 g/mol. The number of nitrogens with two attached hydrogens (primary N) is 1. The van der Waals surface area contributed by atoms with Gasteiger partial charge in [0.1, 0.15) is 0 Å². The van der Waals surface area contributed by atoms with Gasteiger partial charge in [0.05, 0.1) is 6.04 Å². The Morgan fingerprint density at radius 3 is 2.40 bits per heavy atom. The van der Waals surface area contributed by atoms with Crippen molar-refractivity contribution in [2.75, 3.05) is 19.0 Å². The summed E-state index contributed by atoms with van der Waals surface area (Å²) in [6, 6.07) is 5.64. The Morgan fingerprint density at radius 1 is 1.30 bits per heavy atom. The van der Waals surface area contributed by atoms with E-state index in [0.29, 0.717) is 13.0 Å². The number of aryl methyl sites for hydroxylation is 2. The van der Waals surface area contributed by atoms with Gasteiger partial charge in [-0.3, -0.25) is 4.79 Å². The van der Waals surface area contributed by atoms with Crippen molar-refractivity contribution in [3.63, 3.8) is 0 Å². The highest BCUT2D eigenvalue weighted by atomic mass is 16.5. The molecule has 0 aliphatic heterocycles. The minimum absolute atomic E-state index is 0.114. The third-order valence-electron chi connectivity index (χ3n) is 3.45. The summed E-state index contributed by atoms with van der Waals surface area (Å²) in [5.74, 6) is -0.114. The van der Waals surface area contributed by atoms with E-state index in [1.54, 1.807) is 7.11 Å². The van der Waals surface area contributed by atoms with Crippen LogP contribution < -0.4 is 11.1 Å². The number of carbonyl (C=O) groups is 1. The Labute approximate surface area is 121 Å². The van der Waals surface area contributed by atoms with Gasteiger partial charge in [-0.05, 0) is 36.8 Å². The van der Waals surface area contributed by atoms with Gasteiger partial charge < -0.3 is 15.8 Å². The van der Waals surface area contributed by atoms with Gasteiger partial charge in [0.2, 0.25) is 5.91 Å². The lowest BCUT2D eigenvalue weighted by Gasteiger charge is -2.17. The second kappa shape index (κ2) is 8.72. The van der Waals surface area contributed by atoms with Crippen LogP contribution in [0.4, 0.5) is 5.69 Å². The molecule has 0 aliphatic rings. The van der Waals surface area contributed by atoms with Crippen LogP contribution >= 0.6 is 0 Å². The first-order valence-electron chi connectivity index (χ1n) is 7.30. The Bertz CT molecular complexity index is 410. The summed E-state index contributed by atoms with van der Waals surface area (Å²) in [4.78, 5) is 12.2. The molecular formula is C16H26N2O2. The van der Waals surface area contributed by atoms with Gasteiger partial charge in [-0.2, -0.15) is 0 Å². The summed E-state index contributed by atoms with van der Waals surface area (Å²) < 4.78 is 4.98. The van der Waals surface area contributed by atoms with Crippen LogP contribution in [0.25, 0.3) is 0 Å². The molecule has 1 amide bonds. The number of hydrogen-bond acceptors (Lipinski definition) is 3. The molecule has 1 unspecified atom stereocenters. The molecule has 0 bridgehead atoms. The van der Waals surface area contributed by atoms with E-state index in [0.717, 1.165) is 36.1 Å². The third-order valence-corrected chi connectivity index (χ3v) is 3.45. The van der Waals surface area contributed by atoms with E-state index >= 15 is 0 Å². The van der Waals surface area contributed by atoms with Crippen molar-refractivity contribution in [1.82, 2.24) is 0 Å². The predicted octanol–water partition coefficient (Wildman–Crippen LogP) is 2.50. The van der Waals surface area contributed by atoms with E-state index in [2.05, 4.69) is 19.2 Å². The monoisotopic (exact) mass is 278 g/mol. The summed E-state index contributed by atoms with van der Waals surface area (Å²) >= 11 is 0. The molecule has 0 saturated heterocycles. The number of amides is 1. The van der Waals surface area contributed by atoms with Crippen LogP contribution in [-0.2, 0) is 22.4 Å². The van der Waals surface area contributed by atoms with Gasteiger partial charge in [0.15, 0.2) is 0 Å². The van der Waals surface area contributed by atoms with Gasteiger partial charge in [0.25, 0.3) is 0 Å². The van der Waals surface area contributed by atoms with E-state index in [-0.39, 0.29) is 5.91 Å². The molecule has 3 N–H and O–H groups in total. The largest absolute Gasteiger partial charge is 0.385 e. The van der Waals surface area contributed by atoms with Crippen molar-refractivity contribution in [2.45, 2.75) is 45.6 Å². The van der Waals surface area contributed by atoms with Crippen molar-refractivity contribution in [1.29, 1.82) is 0 Å². The Hall–Kier alpha value is -1.39. The molecule has 4 heteroatoms. The number of benzene rings is 1. The van der Waals surface area contributed by atoms with Gasteiger partial charge in [0, 0.05) is 19.4 Å². The molecule has 0 fully saturated rings. The number of carbonyl (C=O) groups excluding carboxylic acids is 1. The van der Waals surface area contributed by atoms with Gasteiger partial charge in [-0.15, -0.1) is 0 Å². The standard InChI is InChI=1S/C16H26N2O2/c1-4-12-8-6-9-13(5-2)15(12)18-16(19)14(17)10-7-11-20-3/h6,8-9,14H,4-5,7,10-11,17H2,1-3H3,(H,18,19). The molecule has 1 rings (SSSR count). The Balaban J connectivity index is 2.74. The fourth-order valence-electron chi connectivity index (χ4n) is 2.20. The number of nitrogens with one attached hydrogen (secondary N) is 1. The molecule has 1 aromatic rings. The quantitative estimate of drug-likeness (QED) is 0.718. The molecule has 0 spiro atoms. The molecule has 0 saturated carbocycles. The number of anilines is 1. The first-order chi connectivity index (χ1) is 9.63. The molecule has 0 heterocycles. The molecule has 0 aromatic heterocycles. The molecule has 1 atom stereocenters. The van der Waals surface area contributed by atoms with Crippen molar-refractivity contribution in [3.8, 4) is 0 Å². The van der Waals surface area contributed by atoms with E-state index in [4.69, 9.17) is 10.5 Å². The third kappa shape index (κ3) is 4.62. The van der Waals surface area contributed by atoms with Crippen LogP contribution in [0.1, 0.15) is 37.8 Å². The fraction of sp³-hybridized carbons (Fsp3) is 0.562. The van der Waals surface area contributed by atoms with Crippen molar-refractivity contribution in [3.05, 3.63) is 29.3 Å². The summed E-state index contributed by atoms with van der Waals surface area (Å²) in [7, 11) is 1.65. The van der Waals surface area contributed by atoms with Gasteiger partial charge in [-0.25, -0.2) is 0 Å². The van der Waals surface area contributed by atoms with E-state index in [9.17, 15) is 4.79 Å². The highest BCUT2D eigenvalue weighted by Gasteiger charge is 2.16. The normalized spacial score (nSPS) is 12.2. The highest BCUT2D eigenvalue weighted by molar-refractivity contribution is 5.96. The van der Waals surface area contributed by atoms with Gasteiger partial charge >= 0.3 is 0 Å². The first kappa shape index (κ1) is 16.7. The molecule has 0 radical (unpaired) electrons. The second-order valence-electron chi connectivity index (χ2n) is 4.89. The van der Waals surface area contributed by atoms with Crippen molar-refractivity contribution in [2.24, 2.45) is 5.73 Å². The van der Waals surface area contributed by atoms with Crippen molar-refractivity contribution < 1.29 is 9.53 Å². The van der Waals surface area contributed by atoms with Crippen LogP contribution in [0.15, 0.2) is 18.2 Å². The molecule has 112 valence electrons. The van der Waals surface area contributed by atoms with Crippen LogP contribution in [-0.4, -0.2) is 25.7 Å². The lowest BCUT2D eigenvalue weighted by Crippen LogP contribution is -2.36. The smallest absolute Gasteiger partial charge is 0.241 e. The zero-order valence-corrected chi connectivity index (χ0v) is 12.7. The number of methoxy groups -OCH3 is 1. The maximum atomic E-state index is 12.2. The average Bonchev–Trinajstić information content (AvgIpc) is 2.47. The summed E-state index contributed by atoms with van der Waals surface area (Å²) in [5, 5.41) is 3.00. The Kier molecular flexibility index (Phi) is 7.26. The van der Waals surface area contributed by atoms with E-state index in [1.165, 1.54) is 0 Å². The van der Waals surface area contributed by atoms with E-state index < -0.39 is 6.04 Å². The zero-order chi connectivity index (χ0) is 15.0. The molecule has 1 aromatic carbocycles. The van der Waals surface area contributed by atoms with Crippen LogP contribution in [0, 0.1) is 0 Å². The van der Waals surface area contributed by atoms with Crippen LogP contribution in [0.5, 0.6) is 0 Å². The minimum Gasteiger partial charge on any atom is -0.385 e. The average molecular weight is 278 g/mol. The zero-order valence-electron chi connectivity index (χ0n) is 12.7. The highest BCUT2D eigenvalue weighted by Crippen LogP contribution is 2.22. The number of hydrogen-bond donors (Lipinski definition) is 2. The summed E-state index contributed by atoms with van der Waals surface area (Å²) in [5.41, 5.74) is 9.17. The Morgan fingerprint density at radius 2 is 1.90 bits per heavy atom. The van der Waals surface area contributed by atoms with Crippen molar-refractivity contribution >= 4 is 11.6 Å². The van der Waals surface area contributed by atoms with E-state index in [1.807, 2.05) is 18.2 Å². The number of rotatable bonds is 8. The number of ether oxygens (including phenoxy) is 1. The fourth-order valence-corrected chi connectivity index (χ4v) is 2.20. The van der Waals surface area contributed by atoms with Crippen LogP contribution in [0.2, 0.25) is 0 Å². The first-order valence-corrected chi connectivity index (χ1v) is 7.30. The maximum Gasteiger partial charge on any atom is 0.241 e. The predicted molar refractivity (Wildman–Crippen MR) is 82.9 cm³/mol. The SMILES string of the molecule is CCc1cccc(CC)c1NC(=O)C(N)CCCOC. The minimum atomic E-state index is -0.486. The van der Waals surface area contributed by atoms with Crippen LogP contribution in [0.3, 0.4) is 0 Å². The number of para-hydroxylation sites is 1. The molecule has 0 aliphatic carbocycles.